The number of alkyl halides is 1. The quantitative estimate of drug-likeness (QED) is 0.676. The Morgan fingerprint density at radius 1 is 1.00 bits per heavy atom. The smallest absolute Gasteiger partial charge is 0.146 e. The highest BCUT2D eigenvalue weighted by atomic mass is 35.5. The van der Waals surface area contributed by atoms with Crippen LogP contribution in [0.15, 0.2) is 36.4 Å². The molecule has 0 fully saturated rings. The first-order valence-corrected chi connectivity index (χ1v) is 6.61. The molecule has 2 aromatic rings. The van der Waals surface area contributed by atoms with Gasteiger partial charge in [0.15, 0.2) is 0 Å². The molecule has 0 bridgehead atoms. The van der Waals surface area contributed by atoms with Crippen molar-refractivity contribution in [3.63, 3.8) is 0 Å². The summed E-state index contributed by atoms with van der Waals surface area (Å²) in [5.74, 6) is 1.93. The van der Waals surface area contributed by atoms with Crippen LogP contribution in [0.5, 0.6) is 11.5 Å². The summed E-state index contributed by atoms with van der Waals surface area (Å²) in [4.78, 5) is 0. The van der Waals surface area contributed by atoms with Gasteiger partial charge in [-0.1, -0.05) is 29.8 Å². The van der Waals surface area contributed by atoms with Crippen LogP contribution >= 0.6 is 23.2 Å². The summed E-state index contributed by atoms with van der Waals surface area (Å²) < 4.78 is 5.85. The molecule has 1 nitrogen and oxygen atoms in total. The van der Waals surface area contributed by atoms with Crippen molar-refractivity contribution in [3.8, 4) is 11.5 Å². The highest BCUT2D eigenvalue weighted by molar-refractivity contribution is 6.32. The maximum atomic E-state index is 6.15. The minimum atomic E-state index is 0.471. The molecule has 0 aromatic heterocycles. The van der Waals surface area contributed by atoms with Crippen LogP contribution in [0.1, 0.15) is 16.7 Å². The predicted molar refractivity (Wildman–Crippen MR) is 77.0 cm³/mol. The SMILES string of the molecule is Cc1ccc(Oc2cc(CCl)ccc2C)c(Cl)c1. The second-order valence-electron chi connectivity index (χ2n) is 4.27. The molecule has 0 saturated carbocycles. The maximum absolute atomic E-state index is 6.15. The fourth-order valence-corrected chi connectivity index (χ4v) is 2.08. The van der Waals surface area contributed by atoms with E-state index in [4.69, 9.17) is 27.9 Å². The first-order valence-electron chi connectivity index (χ1n) is 5.69. The molecule has 0 spiro atoms. The third-order valence-electron chi connectivity index (χ3n) is 2.71. The van der Waals surface area contributed by atoms with Crippen molar-refractivity contribution in [2.75, 3.05) is 0 Å². The van der Waals surface area contributed by atoms with E-state index < -0.39 is 0 Å². The number of hydrogen-bond acceptors (Lipinski definition) is 1. The lowest BCUT2D eigenvalue weighted by atomic mass is 10.1. The molecule has 0 unspecified atom stereocenters. The van der Waals surface area contributed by atoms with E-state index in [0.29, 0.717) is 16.7 Å². The van der Waals surface area contributed by atoms with Gasteiger partial charge in [0.05, 0.1) is 5.02 Å². The van der Waals surface area contributed by atoms with Crippen molar-refractivity contribution in [3.05, 3.63) is 58.1 Å². The van der Waals surface area contributed by atoms with Crippen molar-refractivity contribution >= 4 is 23.2 Å². The van der Waals surface area contributed by atoms with Gasteiger partial charge in [0.1, 0.15) is 11.5 Å². The van der Waals surface area contributed by atoms with Crippen molar-refractivity contribution in [1.29, 1.82) is 0 Å². The minimum Gasteiger partial charge on any atom is -0.456 e. The molecule has 0 amide bonds. The zero-order valence-electron chi connectivity index (χ0n) is 10.3. The van der Waals surface area contributed by atoms with E-state index in [1.165, 1.54) is 0 Å². The van der Waals surface area contributed by atoms with Crippen molar-refractivity contribution in [2.45, 2.75) is 19.7 Å². The number of rotatable bonds is 3. The van der Waals surface area contributed by atoms with E-state index in [0.717, 1.165) is 22.4 Å². The zero-order valence-corrected chi connectivity index (χ0v) is 11.8. The van der Waals surface area contributed by atoms with Gasteiger partial charge in [-0.3, -0.25) is 0 Å². The lowest BCUT2D eigenvalue weighted by Gasteiger charge is -2.11. The van der Waals surface area contributed by atoms with E-state index in [1.54, 1.807) is 0 Å². The normalized spacial score (nSPS) is 10.4. The maximum Gasteiger partial charge on any atom is 0.146 e. The fraction of sp³-hybridized carbons (Fsp3) is 0.200. The van der Waals surface area contributed by atoms with Crippen LogP contribution < -0.4 is 4.74 Å². The highest BCUT2D eigenvalue weighted by Gasteiger charge is 2.06. The average Bonchev–Trinajstić information content (AvgIpc) is 2.35. The third-order valence-corrected chi connectivity index (χ3v) is 3.32. The van der Waals surface area contributed by atoms with Crippen LogP contribution in [0.3, 0.4) is 0 Å². The van der Waals surface area contributed by atoms with E-state index in [9.17, 15) is 0 Å². The Labute approximate surface area is 117 Å². The van der Waals surface area contributed by atoms with Gasteiger partial charge in [-0.05, 0) is 48.7 Å². The van der Waals surface area contributed by atoms with Gasteiger partial charge in [-0.15, -0.1) is 11.6 Å². The van der Waals surface area contributed by atoms with Crippen molar-refractivity contribution in [2.24, 2.45) is 0 Å². The molecule has 0 heterocycles. The van der Waals surface area contributed by atoms with E-state index in [2.05, 4.69) is 0 Å². The van der Waals surface area contributed by atoms with E-state index in [-0.39, 0.29) is 0 Å². The largest absolute Gasteiger partial charge is 0.456 e. The molecule has 0 radical (unpaired) electrons. The van der Waals surface area contributed by atoms with Gasteiger partial charge in [0.25, 0.3) is 0 Å². The molecule has 0 aliphatic carbocycles. The van der Waals surface area contributed by atoms with Crippen LogP contribution in [0.4, 0.5) is 0 Å². The second kappa shape index (κ2) is 5.64. The Morgan fingerprint density at radius 2 is 1.78 bits per heavy atom. The molecular formula is C15H14Cl2O. The number of benzene rings is 2. The van der Waals surface area contributed by atoms with Gasteiger partial charge >= 0.3 is 0 Å². The van der Waals surface area contributed by atoms with Gasteiger partial charge in [-0.2, -0.15) is 0 Å². The summed E-state index contributed by atoms with van der Waals surface area (Å²) in [6.45, 7) is 3.99. The lowest BCUT2D eigenvalue weighted by molar-refractivity contribution is 0.478. The number of hydrogen-bond donors (Lipinski definition) is 0. The molecule has 3 heteroatoms. The van der Waals surface area contributed by atoms with Crippen molar-refractivity contribution in [1.82, 2.24) is 0 Å². The van der Waals surface area contributed by atoms with Crippen LogP contribution in [-0.2, 0) is 5.88 Å². The highest BCUT2D eigenvalue weighted by Crippen LogP contribution is 2.32. The number of aryl methyl sites for hydroxylation is 2. The summed E-state index contributed by atoms with van der Waals surface area (Å²) in [5, 5.41) is 0.616. The van der Waals surface area contributed by atoms with Gasteiger partial charge in [-0.25, -0.2) is 0 Å². The van der Waals surface area contributed by atoms with Crippen LogP contribution in [0, 0.1) is 13.8 Å². The molecule has 0 atom stereocenters. The van der Waals surface area contributed by atoms with Crippen LogP contribution in [0.25, 0.3) is 0 Å². The minimum absolute atomic E-state index is 0.471. The molecular weight excluding hydrogens is 267 g/mol. The van der Waals surface area contributed by atoms with E-state index in [1.807, 2.05) is 50.2 Å². The number of halogens is 2. The Morgan fingerprint density at radius 3 is 2.44 bits per heavy atom. The van der Waals surface area contributed by atoms with Crippen molar-refractivity contribution < 1.29 is 4.74 Å². The lowest BCUT2D eigenvalue weighted by Crippen LogP contribution is -1.90. The monoisotopic (exact) mass is 280 g/mol. The molecule has 0 saturated heterocycles. The van der Waals surface area contributed by atoms with Crippen LogP contribution in [-0.4, -0.2) is 0 Å². The standard InChI is InChI=1S/C15H14Cl2O/c1-10-3-6-14(13(17)7-10)18-15-8-12(9-16)5-4-11(15)2/h3-8H,9H2,1-2H3. The topological polar surface area (TPSA) is 9.23 Å². The Hall–Kier alpha value is -1.18. The molecule has 0 aliphatic heterocycles. The average molecular weight is 281 g/mol. The molecule has 0 aliphatic rings. The fourth-order valence-electron chi connectivity index (χ4n) is 1.64. The van der Waals surface area contributed by atoms with E-state index >= 15 is 0 Å². The Kier molecular flexibility index (Phi) is 4.15. The summed E-state index contributed by atoms with van der Waals surface area (Å²) in [7, 11) is 0. The predicted octanol–water partition coefficient (Wildman–Crippen LogP) is 5.49. The summed E-state index contributed by atoms with van der Waals surface area (Å²) >= 11 is 12.0. The Balaban J connectivity index is 2.33. The molecule has 2 aromatic carbocycles. The second-order valence-corrected chi connectivity index (χ2v) is 4.94. The summed E-state index contributed by atoms with van der Waals surface area (Å²) in [5.41, 5.74) is 3.19. The molecule has 94 valence electrons. The summed E-state index contributed by atoms with van der Waals surface area (Å²) in [6, 6.07) is 11.7. The molecule has 18 heavy (non-hydrogen) atoms. The first kappa shape index (κ1) is 13.3. The Bertz CT molecular complexity index is 564. The van der Waals surface area contributed by atoms with Gasteiger partial charge < -0.3 is 4.74 Å². The molecule has 0 N–H and O–H groups in total. The molecule has 2 rings (SSSR count). The van der Waals surface area contributed by atoms with Gasteiger partial charge in [0, 0.05) is 5.88 Å². The third kappa shape index (κ3) is 2.98. The van der Waals surface area contributed by atoms with Gasteiger partial charge in [0.2, 0.25) is 0 Å². The zero-order chi connectivity index (χ0) is 13.1. The number of ether oxygens (including phenoxy) is 1. The summed E-state index contributed by atoms with van der Waals surface area (Å²) in [6.07, 6.45) is 0. The first-order chi connectivity index (χ1) is 8.60. The van der Waals surface area contributed by atoms with Crippen LogP contribution in [0.2, 0.25) is 5.02 Å².